The van der Waals surface area contributed by atoms with E-state index >= 15 is 0 Å². The van der Waals surface area contributed by atoms with Crippen LogP contribution in [0.25, 0.3) is 0 Å². The summed E-state index contributed by atoms with van der Waals surface area (Å²) < 4.78 is 39.1. The molecule has 1 N–H and O–H groups in total. The molecule has 2 aromatic carbocycles. The van der Waals surface area contributed by atoms with Gasteiger partial charge < -0.3 is 5.32 Å². The number of hydrogen-bond donors (Lipinski definition) is 1. The monoisotopic (exact) mass is 347 g/mol. The van der Waals surface area contributed by atoms with Gasteiger partial charge in [-0.15, -0.1) is 0 Å². The van der Waals surface area contributed by atoms with Crippen LogP contribution < -0.4 is 5.32 Å². The Bertz CT molecular complexity index is 934. The van der Waals surface area contributed by atoms with Crippen LogP contribution in [-0.2, 0) is 10.0 Å². The van der Waals surface area contributed by atoms with Crippen molar-refractivity contribution < 1.29 is 17.6 Å². The molecule has 0 saturated carbocycles. The number of hydrogen-bond acceptors (Lipinski definition) is 4. The molecule has 0 bridgehead atoms. The van der Waals surface area contributed by atoms with Crippen molar-refractivity contribution in [3.63, 3.8) is 0 Å². The van der Waals surface area contributed by atoms with Crippen molar-refractivity contribution >= 4 is 21.6 Å². The smallest absolute Gasteiger partial charge is 0.258 e. The highest BCUT2D eigenvalue weighted by Gasteiger charge is 2.21. The summed E-state index contributed by atoms with van der Waals surface area (Å²) in [6.45, 7) is 0. The number of nitrogens with zero attached hydrogens (tertiary/aromatic N) is 2. The van der Waals surface area contributed by atoms with E-state index in [0.717, 1.165) is 22.5 Å². The Labute approximate surface area is 139 Å². The number of amides is 1. The molecule has 0 spiro atoms. The Kier molecular flexibility index (Phi) is 4.97. The topological polar surface area (TPSA) is 90.3 Å². The van der Waals surface area contributed by atoms with Gasteiger partial charge in [0.2, 0.25) is 10.0 Å². The average Bonchev–Trinajstić information content (AvgIpc) is 2.55. The third-order valence-corrected chi connectivity index (χ3v) is 5.07. The van der Waals surface area contributed by atoms with Crippen LogP contribution in [0.5, 0.6) is 0 Å². The minimum absolute atomic E-state index is 0.201. The lowest BCUT2D eigenvalue weighted by Gasteiger charge is -2.13. The molecule has 124 valence electrons. The van der Waals surface area contributed by atoms with Gasteiger partial charge in [0.25, 0.3) is 5.91 Å². The third-order valence-electron chi connectivity index (χ3n) is 3.26. The quantitative estimate of drug-likeness (QED) is 0.918. The standard InChI is InChI=1S/C16H14FN3O3S/c1-20(2)24(22,23)12-7-8-14(17)13(9-12)16(21)19-15-6-4-3-5-11(15)10-18/h3-9H,1-2H3,(H,19,21). The second kappa shape index (κ2) is 6.78. The number of nitriles is 1. The predicted molar refractivity (Wildman–Crippen MR) is 86.4 cm³/mol. The maximum absolute atomic E-state index is 14.0. The van der Waals surface area contributed by atoms with Gasteiger partial charge in [-0.1, -0.05) is 12.1 Å². The summed E-state index contributed by atoms with van der Waals surface area (Å²) in [6, 6.07) is 11.1. The number of carbonyl (C=O) groups excluding carboxylic acids is 1. The third kappa shape index (κ3) is 3.42. The first-order valence-electron chi connectivity index (χ1n) is 6.80. The van der Waals surface area contributed by atoms with Crippen LogP contribution in [0.4, 0.5) is 10.1 Å². The van der Waals surface area contributed by atoms with Crippen molar-refractivity contribution in [3.8, 4) is 6.07 Å². The van der Waals surface area contributed by atoms with Gasteiger partial charge in [0.1, 0.15) is 11.9 Å². The fraction of sp³-hybridized carbons (Fsp3) is 0.125. The zero-order valence-corrected chi connectivity index (χ0v) is 13.8. The normalized spacial score (nSPS) is 11.1. The molecule has 24 heavy (non-hydrogen) atoms. The van der Waals surface area contributed by atoms with E-state index in [2.05, 4.69) is 5.32 Å². The van der Waals surface area contributed by atoms with E-state index in [-0.39, 0.29) is 16.1 Å². The molecular weight excluding hydrogens is 333 g/mol. The summed E-state index contributed by atoms with van der Waals surface area (Å²) in [5, 5.41) is 11.4. The van der Waals surface area contributed by atoms with Crippen LogP contribution in [0.2, 0.25) is 0 Å². The zero-order valence-electron chi connectivity index (χ0n) is 12.9. The van der Waals surface area contributed by atoms with E-state index in [1.807, 2.05) is 6.07 Å². The predicted octanol–water partition coefficient (Wildman–Crippen LogP) is 2.20. The van der Waals surface area contributed by atoms with Gasteiger partial charge in [0.15, 0.2) is 0 Å². The summed E-state index contributed by atoms with van der Waals surface area (Å²) in [4.78, 5) is 12.1. The molecule has 0 aromatic heterocycles. The Morgan fingerprint density at radius 1 is 1.21 bits per heavy atom. The SMILES string of the molecule is CN(C)S(=O)(=O)c1ccc(F)c(C(=O)Nc2ccccc2C#N)c1. The molecule has 0 saturated heterocycles. The Balaban J connectivity index is 2.42. The van der Waals surface area contributed by atoms with Gasteiger partial charge in [0.05, 0.1) is 21.7 Å². The van der Waals surface area contributed by atoms with Gasteiger partial charge in [-0.25, -0.2) is 17.1 Å². The number of carbonyl (C=O) groups is 1. The van der Waals surface area contributed by atoms with Crippen molar-refractivity contribution in [1.29, 1.82) is 5.26 Å². The summed E-state index contributed by atoms with van der Waals surface area (Å²) in [5.74, 6) is -1.70. The highest BCUT2D eigenvalue weighted by molar-refractivity contribution is 7.89. The highest BCUT2D eigenvalue weighted by Crippen LogP contribution is 2.20. The van der Waals surface area contributed by atoms with Crippen LogP contribution in [-0.4, -0.2) is 32.7 Å². The molecule has 0 fully saturated rings. The second-order valence-electron chi connectivity index (χ2n) is 5.04. The fourth-order valence-corrected chi connectivity index (χ4v) is 2.86. The van der Waals surface area contributed by atoms with Crippen molar-refractivity contribution in [2.24, 2.45) is 0 Å². The molecular formula is C16H14FN3O3S. The molecule has 0 atom stereocenters. The van der Waals surface area contributed by atoms with Gasteiger partial charge >= 0.3 is 0 Å². The summed E-state index contributed by atoms with van der Waals surface area (Å²) in [7, 11) is -1.13. The molecule has 0 unspecified atom stereocenters. The van der Waals surface area contributed by atoms with Crippen molar-refractivity contribution in [1.82, 2.24) is 4.31 Å². The molecule has 0 radical (unpaired) electrons. The number of rotatable bonds is 4. The zero-order chi connectivity index (χ0) is 17.9. The second-order valence-corrected chi connectivity index (χ2v) is 7.19. The minimum Gasteiger partial charge on any atom is -0.321 e. The lowest BCUT2D eigenvalue weighted by molar-refractivity contribution is 0.102. The minimum atomic E-state index is -3.80. The van der Waals surface area contributed by atoms with E-state index in [1.54, 1.807) is 12.1 Å². The van der Waals surface area contributed by atoms with Crippen LogP contribution in [0.15, 0.2) is 47.4 Å². The Morgan fingerprint density at radius 2 is 1.88 bits per heavy atom. The Morgan fingerprint density at radius 3 is 2.50 bits per heavy atom. The van der Waals surface area contributed by atoms with Gasteiger partial charge in [-0.05, 0) is 30.3 Å². The van der Waals surface area contributed by atoms with Gasteiger partial charge in [-0.3, -0.25) is 4.79 Å². The van der Waals surface area contributed by atoms with E-state index in [1.165, 1.54) is 26.2 Å². The lowest BCUT2D eigenvalue weighted by atomic mass is 10.1. The first kappa shape index (κ1) is 17.6. The number of benzene rings is 2. The molecule has 1 amide bonds. The average molecular weight is 347 g/mol. The van der Waals surface area contributed by atoms with Crippen LogP contribution >= 0.6 is 0 Å². The van der Waals surface area contributed by atoms with Gasteiger partial charge in [0, 0.05) is 14.1 Å². The summed E-state index contributed by atoms with van der Waals surface area (Å²) in [5.41, 5.74) is -0.000682. The molecule has 2 aromatic rings. The van der Waals surface area contributed by atoms with Crippen molar-refractivity contribution in [2.75, 3.05) is 19.4 Å². The number of sulfonamides is 1. The molecule has 2 rings (SSSR count). The first-order chi connectivity index (χ1) is 11.3. The number of nitrogens with one attached hydrogen (secondary N) is 1. The van der Waals surface area contributed by atoms with Crippen LogP contribution in [0, 0.1) is 17.1 Å². The van der Waals surface area contributed by atoms with Crippen molar-refractivity contribution in [2.45, 2.75) is 4.90 Å². The van der Waals surface area contributed by atoms with E-state index in [0.29, 0.717) is 0 Å². The van der Waals surface area contributed by atoms with E-state index < -0.39 is 27.3 Å². The molecule has 8 heteroatoms. The van der Waals surface area contributed by atoms with E-state index in [4.69, 9.17) is 5.26 Å². The van der Waals surface area contributed by atoms with Crippen LogP contribution in [0.3, 0.4) is 0 Å². The van der Waals surface area contributed by atoms with Gasteiger partial charge in [-0.2, -0.15) is 5.26 Å². The number of para-hydroxylation sites is 1. The van der Waals surface area contributed by atoms with Crippen LogP contribution in [0.1, 0.15) is 15.9 Å². The highest BCUT2D eigenvalue weighted by atomic mass is 32.2. The number of anilines is 1. The molecule has 6 nitrogen and oxygen atoms in total. The fourth-order valence-electron chi connectivity index (χ4n) is 1.93. The van der Waals surface area contributed by atoms with Crippen molar-refractivity contribution in [3.05, 3.63) is 59.4 Å². The largest absolute Gasteiger partial charge is 0.321 e. The first-order valence-corrected chi connectivity index (χ1v) is 8.24. The number of halogens is 1. The summed E-state index contributed by atoms with van der Waals surface area (Å²) >= 11 is 0. The molecule has 0 aliphatic carbocycles. The molecule has 0 aliphatic rings. The molecule has 0 heterocycles. The summed E-state index contributed by atoms with van der Waals surface area (Å²) in [6.07, 6.45) is 0. The lowest BCUT2D eigenvalue weighted by Crippen LogP contribution is -2.23. The molecule has 0 aliphatic heterocycles. The maximum atomic E-state index is 14.0. The maximum Gasteiger partial charge on any atom is 0.258 e. The Hall–Kier alpha value is -2.76. The van der Waals surface area contributed by atoms with E-state index in [9.17, 15) is 17.6 Å².